The summed E-state index contributed by atoms with van der Waals surface area (Å²) in [5.41, 5.74) is 3.26. The van der Waals surface area contributed by atoms with Gasteiger partial charge in [-0.3, -0.25) is 0 Å². The van der Waals surface area contributed by atoms with Crippen molar-refractivity contribution in [1.82, 2.24) is 10.6 Å². The van der Waals surface area contributed by atoms with Crippen LogP contribution in [-0.2, 0) is 6.54 Å². The summed E-state index contributed by atoms with van der Waals surface area (Å²) in [5.74, 6) is 0. The van der Waals surface area contributed by atoms with Gasteiger partial charge < -0.3 is 10.6 Å². The maximum absolute atomic E-state index is 3.62. The average Bonchev–Trinajstić information content (AvgIpc) is 2.26. The molecular formula is C15H24N2. The van der Waals surface area contributed by atoms with E-state index in [4.69, 9.17) is 0 Å². The SMILES string of the molecule is CNCC1(CNCc2cccc(C)c2)CCC1. The molecule has 2 heteroatoms. The van der Waals surface area contributed by atoms with Gasteiger partial charge in [-0.1, -0.05) is 36.2 Å². The Balaban J connectivity index is 1.79. The largest absolute Gasteiger partial charge is 0.319 e. The Morgan fingerprint density at radius 2 is 2.06 bits per heavy atom. The summed E-state index contributed by atoms with van der Waals surface area (Å²) in [4.78, 5) is 0. The predicted octanol–water partition coefficient (Wildman–Crippen LogP) is 2.47. The van der Waals surface area contributed by atoms with Crippen molar-refractivity contribution in [3.63, 3.8) is 0 Å². The summed E-state index contributed by atoms with van der Waals surface area (Å²) in [5, 5.41) is 6.94. The highest BCUT2D eigenvalue weighted by atomic mass is 14.9. The zero-order valence-corrected chi connectivity index (χ0v) is 11.1. The number of benzene rings is 1. The molecule has 0 spiro atoms. The lowest BCUT2D eigenvalue weighted by Crippen LogP contribution is -2.46. The second kappa shape index (κ2) is 5.65. The van der Waals surface area contributed by atoms with Crippen molar-refractivity contribution in [2.45, 2.75) is 32.7 Å². The molecule has 0 aromatic heterocycles. The van der Waals surface area contributed by atoms with E-state index < -0.39 is 0 Å². The Morgan fingerprint density at radius 3 is 2.65 bits per heavy atom. The van der Waals surface area contributed by atoms with Crippen LogP contribution < -0.4 is 10.6 Å². The fourth-order valence-electron chi connectivity index (χ4n) is 2.76. The Morgan fingerprint density at radius 1 is 1.24 bits per heavy atom. The van der Waals surface area contributed by atoms with Gasteiger partial charge in [-0.15, -0.1) is 0 Å². The van der Waals surface area contributed by atoms with Crippen LogP contribution in [0.3, 0.4) is 0 Å². The molecule has 0 heterocycles. The molecular weight excluding hydrogens is 208 g/mol. The molecule has 1 aromatic rings. The van der Waals surface area contributed by atoms with Gasteiger partial charge in [0.25, 0.3) is 0 Å². The third kappa shape index (κ3) is 3.30. The average molecular weight is 232 g/mol. The van der Waals surface area contributed by atoms with Crippen LogP contribution >= 0.6 is 0 Å². The first-order valence-corrected chi connectivity index (χ1v) is 6.65. The first-order valence-electron chi connectivity index (χ1n) is 6.65. The van der Waals surface area contributed by atoms with Gasteiger partial charge in [-0.2, -0.15) is 0 Å². The zero-order valence-electron chi connectivity index (χ0n) is 11.1. The molecule has 0 bridgehead atoms. The molecule has 17 heavy (non-hydrogen) atoms. The highest BCUT2D eigenvalue weighted by molar-refractivity contribution is 5.22. The van der Waals surface area contributed by atoms with Crippen molar-refractivity contribution in [2.75, 3.05) is 20.1 Å². The van der Waals surface area contributed by atoms with Gasteiger partial charge in [0.15, 0.2) is 0 Å². The van der Waals surface area contributed by atoms with Crippen molar-refractivity contribution in [1.29, 1.82) is 0 Å². The van der Waals surface area contributed by atoms with Crippen LogP contribution in [0.5, 0.6) is 0 Å². The van der Waals surface area contributed by atoms with E-state index >= 15 is 0 Å². The third-order valence-electron chi connectivity index (χ3n) is 3.88. The number of hydrogen-bond acceptors (Lipinski definition) is 2. The minimum atomic E-state index is 0.526. The summed E-state index contributed by atoms with van der Waals surface area (Å²) in [6.45, 7) is 5.43. The maximum Gasteiger partial charge on any atom is 0.0205 e. The van der Waals surface area contributed by atoms with Crippen LogP contribution in [0.25, 0.3) is 0 Å². The van der Waals surface area contributed by atoms with Crippen LogP contribution in [0.4, 0.5) is 0 Å². The molecule has 0 aliphatic heterocycles. The van der Waals surface area contributed by atoms with Crippen molar-refractivity contribution in [3.8, 4) is 0 Å². The molecule has 0 radical (unpaired) electrons. The highest BCUT2D eigenvalue weighted by Crippen LogP contribution is 2.39. The van der Waals surface area contributed by atoms with Crippen LogP contribution in [0, 0.1) is 12.3 Å². The second-order valence-corrected chi connectivity index (χ2v) is 5.48. The van der Waals surface area contributed by atoms with Crippen molar-refractivity contribution >= 4 is 0 Å². The Bertz CT molecular complexity index is 356. The van der Waals surface area contributed by atoms with E-state index in [0.29, 0.717) is 5.41 Å². The zero-order chi connectivity index (χ0) is 12.1. The minimum absolute atomic E-state index is 0.526. The number of hydrogen-bond donors (Lipinski definition) is 2. The van der Waals surface area contributed by atoms with Crippen LogP contribution in [0.1, 0.15) is 30.4 Å². The van der Waals surface area contributed by atoms with E-state index in [1.165, 1.54) is 30.4 Å². The monoisotopic (exact) mass is 232 g/mol. The predicted molar refractivity (Wildman–Crippen MR) is 73.1 cm³/mol. The highest BCUT2D eigenvalue weighted by Gasteiger charge is 2.35. The molecule has 2 N–H and O–H groups in total. The molecule has 0 atom stereocenters. The van der Waals surface area contributed by atoms with Crippen molar-refractivity contribution < 1.29 is 0 Å². The van der Waals surface area contributed by atoms with Gasteiger partial charge in [-0.05, 0) is 37.8 Å². The van der Waals surface area contributed by atoms with Crippen molar-refractivity contribution in [3.05, 3.63) is 35.4 Å². The normalized spacial score (nSPS) is 17.8. The van der Waals surface area contributed by atoms with Gasteiger partial charge in [0.05, 0.1) is 0 Å². The van der Waals surface area contributed by atoms with Crippen LogP contribution in [0.2, 0.25) is 0 Å². The second-order valence-electron chi connectivity index (χ2n) is 5.48. The van der Waals surface area contributed by atoms with E-state index in [2.05, 4.69) is 48.9 Å². The summed E-state index contributed by atoms with van der Waals surface area (Å²) in [7, 11) is 2.06. The Kier molecular flexibility index (Phi) is 4.19. The molecule has 1 aromatic carbocycles. The summed E-state index contributed by atoms with van der Waals surface area (Å²) < 4.78 is 0. The number of aryl methyl sites for hydroxylation is 1. The lowest BCUT2D eigenvalue weighted by molar-refractivity contribution is 0.130. The van der Waals surface area contributed by atoms with Gasteiger partial charge in [0.1, 0.15) is 0 Å². The van der Waals surface area contributed by atoms with Gasteiger partial charge in [-0.25, -0.2) is 0 Å². The lowest BCUT2D eigenvalue weighted by Gasteiger charge is -2.42. The fourth-order valence-corrected chi connectivity index (χ4v) is 2.76. The van der Waals surface area contributed by atoms with Crippen molar-refractivity contribution in [2.24, 2.45) is 5.41 Å². The van der Waals surface area contributed by atoms with Gasteiger partial charge in [0, 0.05) is 19.6 Å². The fraction of sp³-hybridized carbons (Fsp3) is 0.600. The Labute approximate surface area is 105 Å². The lowest BCUT2D eigenvalue weighted by atomic mass is 9.68. The summed E-state index contributed by atoms with van der Waals surface area (Å²) >= 11 is 0. The molecule has 0 amide bonds. The molecule has 0 unspecified atom stereocenters. The van der Waals surface area contributed by atoms with Crippen LogP contribution in [0.15, 0.2) is 24.3 Å². The van der Waals surface area contributed by atoms with E-state index in [-0.39, 0.29) is 0 Å². The summed E-state index contributed by atoms with van der Waals surface area (Å²) in [6, 6.07) is 8.75. The van der Waals surface area contributed by atoms with E-state index in [1.54, 1.807) is 0 Å². The molecule has 0 saturated heterocycles. The Hall–Kier alpha value is -0.860. The quantitative estimate of drug-likeness (QED) is 0.787. The minimum Gasteiger partial charge on any atom is -0.319 e. The number of nitrogens with one attached hydrogen (secondary N) is 2. The standard InChI is InChI=1S/C15H24N2/c1-13-5-3-6-14(9-13)10-17-12-15(11-16-2)7-4-8-15/h3,5-6,9,16-17H,4,7-8,10-12H2,1-2H3. The molecule has 1 fully saturated rings. The van der Waals surface area contributed by atoms with E-state index in [0.717, 1.165) is 19.6 Å². The summed E-state index contributed by atoms with van der Waals surface area (Å²) in [6.07, 6.45) is 4.14. The van der Waals surface area contributed by atoms with Gasteiger partial charge >= 0.3 is 0 Å². The molecule has 2 rings (SSSR count). The molecule has 1 saturated carbocycles. The van der Waals surface area contributed by atoms with E-state index in [9.17, 15) is 0 Å². The number of rotatable bonds is 6. The van der Waals surface area contributed by atoms with Gasteiger partial charge in [0.2, 0.25) is 0 Å². The maximum atomic E-state index is 3.62. The first kappa shape index (κ1) is 12.6. The third-order valence-corrected chi connectivity index (χ3v) is 3.88. The first-order chi connectivity index (χ1) is 8.24. The smallest absolute Gasteiger partial charge is 0.0205 e. The molecule has 94 valence electrons. The molecule has 1 aliphatic rings. The molecule has 2 nitrogen and oxygen atoms in total. The van der Waals surface area contributed by atoms with E-state index in [1.807, 2.05) is 0 Å². The molecule has 1 aliphatic carbocycles. The van der Waals surface area contributed by atoms with Crippen LogP contribution in [-0.4, -0.2) is 20.1 Å². The topological polar surface area (TPSA) is 24.1 Å².